The number of benzene rings is 1. The van der Waals surface area contributed by atoms with Gasteiger partial charge in [-0.25, -0.2) is 0 Å². The van der Waals surface area contributed by atoms with Gasteiger partial charge in [0, 0.05) is 15.7 Å². The van der Waals surface area contributed by atoms with Crippen molar-refractivity contribution in [3.63, 3.8) is 0 Å². The molecule has 0 heterocycles. The second-order valence-corrected chi connectivity index (χ2v) is 5.30. The van der Waals surface area contributed by atoms with E-state index < -0.39 is 0 Å². The first-order valence-corrected chi connectivity index (χ1v) is 6.19. The Morgan fingerprint density at radius 3 is 2.73 bits per heavy atom. The molecule has 0 saturated carbocycles. The molecule has 0 saturated heterocycles. The molecule has 0 fully saturated rings. The van der Waals surface area contributed by atoms with Crippen LogP contribution in [0.5, 0.6) is 0 Å². The molecule has 0 aliphatic heterocycles. The summed E-state index contributed by atoms with van der Waals surface area (Å²) in [6, 6.07) is 5.27. The molecule has 4 heteroatoms. The molecule has 2 nitrogen and oxygen atoms in total. The van der Waals surface area contributed by atoms with Crippen LogP contribution in [0.1, 0.15) is 24.2 Å². The van der Waals surface area contributed by atoms with Crippen molar-refractivity contribution in [1.29, 1.82) is 0 Å². The molecule has 1 amide bonds. The van der Waals surface area contributed by atoms with Gasteiger partial charge in [0.15, 0.2) is 0 Å². The number of halogens is 2. The molecule has 1 aromatic carbocycles. The maximum absolute atomic E-state index is 11.7. The molecule has 15 heavy (non-hydrogen) atoms. The van der Waals surface area contributed by atoms with Crippen LogP contribution in [0.3, 0.4) is 0 Å². The Morgan fingerprint density at radius 2 is 2.20 bits per heavy atom. The van der Waals surface area contributed by atoms with Crippen molar-refractivity contribution in [2.75, 3.05) is 6.54 Å². The van der Waals surface area contributed by atoms with Crippen molar-refractivity contribution in [2.45, 2.75) is 13.8 Å². The second kappa shape index (κ2) is 5.70. The summed E-state index contributed by atoms with van der Waals surface area (Å²) in [7, 11) is 0. The highest BCUT2D eigenvalue weighted by Gasteiger charge is 2.07. The zero-order valence-corrected chi connectivity index (χ0v) is 11.6. The lowest BCUT2D eigenvalue weighted by atomic mass is 10.2. The van der Waals surface area contributed by atoms with E-state index in [9.17, 15) is 4.79 Å². The number of hydrogen-bond donors (Lipinski definition) is 1. The molecule has 0 bridgehead atoms. The number of amides is 1. The van der Waals surface area contributed by atoms with Gasteiger partial charge in [-0.15, -0.1) is 0 Å². The van der Waals surface area contributed by atoms with E-state index in [1.165, 1.54) is 0 Å². The molecule has 0 radical (unpaired) electrons. The van der Waals surface area contributed by atoms with Crippen LogP contribution in [0.15, 0.2) is 18.2 Å². The van der Waals surface area contributed by atoms with E-state index in [0.717, 1.165) is 3.57 Å². The SMILES string of the molecule is CC(C)CNC(=O)c1ccc(Cl)c(I)c1. The molecule has 0 atom stereocenters. The van der Waals surface area contributed by atoms with Gasteiger partial charge in [-0.2, -0.15) is 0 Å². The highest BCUT2D eigenvalue weighted by molar-refractivity contribution is 14.1. The van der Waals surface area contributed by atoms with E-state index in [2.05, 4.69) is 41.8 Å². The normalized spacial score (nSPS) is 10.5. The van der Waals surface area contributed by atoms with E-state index in [4.69, 9.17) is 11.6 Å². The van der Waals surface area contributed by atoms with Gasteiger partial charge >= 0.3 is 0 Å². The molecule has 0 unspecified atom stereocenters. The first-order chi connectivity index (χ1) is 7.00. The quantitative estimate of drug-likeness (QED) is 0.842. The fraction of sp³-hybridized carbons (Fsp3) is 0.364. The number of hydrogen-bond acceptors (Lipinski definition) is 1. The van der Waals surface area contributed by atoms with Crippen LogP contribution in [0.25, 0.3) is 0 Å². The van der Waals surface area contributed by atoms with Crippen LogP contribution >= 0.6 is 34.2 Å². The summed E-state index contributed by atoms with van der Waals surface area (Å²) < 4.78 is 0.895. The largest absolute Gasteiger partial charge is 0.352 e. The third-order valence-electron chi connectivity index (χ3n) is 1.85. The van der Waals surface area contributed by atoms with Crippen LogP contribution in [-0.2, 0) is 0 Å². The molecule has 1 rings (SSSR count). The first-order valence-electron chi connectivity index (χ1n) is 4.74. The first kappa shape index (κ1) is 12.8. The number of carbonyl (C=O) groups is 1. The van der Waals surface area contributed by atoms with Gasteiger partial charge in [0.2, 0.25) is 0 Å². The Labute approximate surface area is 109 Å². The maximum atomic E-state index is 11.7. The Bertz CT molecular complexity index is 366. The molecule has 1 aromatic rings. The summed E-state index contributed by atoms with van der Waals surface area (Å²) in [6.07, 6.45) is 0. The van der Waals surface area contributed by atoms with Crippen LogP contribution in [0.2, 0.25) is 5.02 Å². The summed E-state index contributed by atoms with van der Waals surface area (Å²) in [6.45, 7) is 4.82. The monoisotopic (exact) mass is 337 g/mol. The zero-order valence-electron chi connectivity index (χ0n) is 8.68. The highest BCUT2D eigenvalue weighted by Crippen LogP contribution is 2.19. The van der Waals surface area contributed by atoms with Crippen LogP contribution < -0.4 is 5.32 Å². The fourth-order valence-corrected chi connectivity index (χ4v) is 1.67. The third kappa shape index (κ3) is 3.99. The van der Waals surface area contributed by atoms with Crippen molar-refractivity contribution < 1.29 is 4.79 Å². The summed E-state index contributed by atoms with van der Waals surface area (Å²) >= 11 is 7.99. The molecule has 0 spiro atoms. The predicted molar refractivity (Wildman–Crippen MR) is 71.3 cm³/mol. The highest BCUT2D eigenvalue weighted by atomic mass is 127. The van der Waals surface area contributed by atoms with Crippen molar-refractivity contribution in [1.82, 2.24) is 5.32 Å². The van der Waals surface area contributed by atoms with Gasteiger partial charge in [0.25, 0.3) is 5.91 Å². The topological polar surface area (TPSA) is 29.1 Å². The minimum Gasteiger partial charge on any atom is -0.352 e. The predicted octanol–water partition coefficient (Wildman–Crippen LogP) is 3.33. The van der Waals surface area contributed by atoms with Crippen LogP contribution in [0.4, 0.5) is 0 Å². The fourth-order valence-electron chi connectivity index (χ4n) is 1.04. The van der Waals surface area contributed by atoms with E-state index in [1.54, 1.807) is 18.2 Å². The lowest BCUT2D eigenvalue weighted by molar-refractivity contribution is 0.0949. The summed E-state index contributed by atoms with van der Waals surface area (Å²) in [4.78, 5) is 11.7. The summed E-state index contributed by atoms with van der Waals surface area (Å²) in [5, 5.41) is 3.54. The van der Waals surface area contributed by atoms with E-state index in [-0.39, 0.29) is 5.91 Å². The van der Waals surface area contributed by atoms with Gasteiger partial charge in [0.05, 0.1) is 5.02 Å². The average molecular weight is 338 g/mol. The van der Waals surface area contributed by atoms with Gasteiger partial charge in [-0.05, 0) is 46.7 Å². The Kier molecular flexibility index (Phi) is 4.86. The van der Waals surface area contributed by atoms with Crippen molar-refractivity contribution >= 4 is 40.1 Å². The average Bonchev–Trinajstić information content (AvgIpc) is 2.18. The second-order valence-electron chi connectivity index (χ2n) is 3.73. The Hall–Kier alpha value is -0.290. The molecule has 0 aromatic heterocycles. The van der Waals surface area contributed by atoms with E-state index in [1.807, 2.05) is 0 Å². The van der Waals surface area contributed by atoms with Crippen molar-refractivity contribution in [3.8, 4) is 0 Å². The minimum atomic E-state index is -0.0433. The van der Waals surface area contributed by atoms with E-state index in [0.29, 0.717) is 23.0 Å². The lowest BCUT2D eigenvalue weighted by Gasteiger charge is -2.08. The van der Waals surface area contributed by atoms with Gasteiger partial charge in [0.1, 0.15) is 0 Å². The number of carbonyl (C=O) groups excluding carboxylic acids is 1. The third-order valence-corrected chi connectivity index (χ3v) is 3.39. The van der Waals surface area contributed by atoms with Crippen molar-refractivity contribution in [3.05, 3.63) is 32.4 Å². The summed E-state index contributed by atoms with van der Waals surface area (Å²) in [5.74, 6) is 0.415. The zero-order chi connectivity index (χ0) is 11.4. The van der Waals surface area contributed by atoms with Gasteiger partial charge in [-0.1, -0.05) is 25.4 Å². The van der Waals surface area contributed by atoms with E-state index >= 15 is 0 Å². The number of rotatable bonds is 3. The minimum absolute atomic E-state index is 0.0433. The maximum Gasteiger partial charge on any atom is 0.251 e. The molecule has 1 N–H and O–H groups in total. The summed E-state index contributed by atoms with van der Waals surface area (Å²) in [5.41, 5.74) is 0.657. The Balaban J connectivity index is 2.70. The van der Waals surface area contributed by atoms with Crippen molar-refractivity contribution in [2.24, 2.45) is 5.92 Å². The molecular weight excluding hydrogens is 324 g/mol. The molecule has 82 valence electrons. The number of nitrogens with one attached hydrogen (secondary N) is 1. The standard InChI is InChI=1S/C11H13ClINO/c1-7(2)6-14-11(15)8-3-4-9(12)10(13)5-8/h3-5,7H,6H2,1-2H3,(H,14,15). The molecular formula is C11H13ClINO. The van der Waals surface area contributed by atoms with Gasteiger partial charge in [-0.3, -0.25) is 4.79 Å². The van der Waals surface area contributed by atoms with Crippen LogP contribution in [0, 0.1) is 9.49 Å². The Morgan fingerprint density at radius 1 is 1.53 bits per heavy atom. The molecule has 0 aliphatic rings. The smallest absolute Gasteiger partial charge is 0.251 e. The molecule has 0 aliphatic carbocycles. The van der Waals surface area contributed by atoms with Gasteiger partial charge < -0.3 is 5.32 Å². The van der Waals surface area contributed by atoms with Crippen LogP contribution in [-0.4, -0.2) is 12.5 Å². The lowest BCUT2D eigenvalue weighted by Crippen LogP contribution is -2.27.